The van der Waals surface area contributed by atoms with Gasteiger partial charge in [-0.1, -0.05) is 48.5 Å². The third-order valence-electron chi connectivity index (χ3n) is 10.8. The van der Waals surface area contributed by atoms with Crippen LogP contribution in [0.1, 0.15) is 79.8 Å². The van der Waals surface area contributed by atoms with Crippen LogP contribution in [-0.4, -0.2) is 110 Å². The van der Waals surface area contributed by atoms with Gasteiger partial charge in [-0.3, -0.25) is 0 Å². The highest BCUT2D eigenvalue weighted by Gasteiger charge is 2.55. The molecule has 2 aromatic carbocycles. The van der Waals surface area contributed by atoms with Gasteiger partial charge in [0.1, 0.15) is 35.1 Å². The molecule has 1 aliphatic carbocycles. The smallest absolute Gasteiger partial charge is 0.410 e. The minimum atomic E-state index is -3.97. The van der Waals surface area contributed by atoms with Crippen LogP contribution in [0.3, 0.4) is 0 Å². The van der Waals surface area contributed by atoms with E-state index in [2.05, 4.69) is 15.1 Å². The van der Waals surface area contributed by atoms with Crippen molar-refractivity contribution in [3.63, 3.8) is 0 Å². The van der Waals surface area contributed by atoms with Crippen LogP contribution in [0.4, 0.5) is 15.4 Å². The molecule has 0 spiro atoms. The Labute approximate surface area is 363 Å². The fourth-order valence-corrected chi connectivity index (χ4v) is 9.33. The van der Waals surface area contributed by atoms with Crippen molar-refractivity contribution in [1.82, 2.24) is 33.5 Å². The van der Waals surface area contributed by atoms with Gasteiger partial charge in [0.05, 0.1) is 28.1 Å². The summed E-state index contributed by atoms with van der Waals surface area (Å²) in [5.41, 5.74) is 7.63. The zero-order valence-corrected chi connectivity index (χ0v) is 37.5. The van der Waals surface area contributed by atoms with E-state index in [9.17, 15) is 18.0 Å². The fraction of sp³-hybridized carbons (Fsp3) is 0.489. The zero-order valence-electron chi connectivity index (χ0n) is 36.7. The number of hydrogen-bond acceptors (Lipinski definition) is 12. The molecule has 3 aromatic heterocycles. The number of amides is 2. The third kappa shape index (κ3) is 10.1. The van der Waals surface area contributed by atoms with E-state index in [1.54, 1.807) is 34.1 Å². The first kappa shape index (κ1) is 44.5. The number of hydrogen-bond donors (Lipinski definition) is 1. The van der Waals surface area contributed by atoms with Crippen molar-refractivity contribution in [3.8, 4) is 11.3 Å². The van der Waals surface area contributed by atoms with E-state index in [4.69, 9.17) is 24.7 Å². The highest BCUT2D eigenvalue weighted by molar-refractivity contribution is 7.89. The number of rotatable bonds is 13. The minimum Gasteiger partial charge on any atom is -0.444 e. The second-order valence-corrected chi connectivity index (χ2v) is 20.2. The molecule has 0 unspecified atom stereocenters. The van der Waals surface area contributed by atoms with Crippen molar-refractivity contribution in [2.45, 2.75) is 115 Å². The maximum atomic E-state index is 14.0. The van der Waals surface area contributed by atoms with E-state index in [1.807, 2.05) is 96.5 Å². The molecule has 1 saturated carbocycles. The van der Waals surface area contributed by atoms with E-state index in [1.165, 1.54) is 24.7 Å². The molecule has 0 radical (unpaired) electrons. The maximum Gasteiger partial charge on any atom is 0.410 e. The molecule has 62 heavy (non-hydrogen) atoms. The molecule has 17 heteroatoms. The van der Waals surface area contributed by atoms with Crippen LogP contribution in [0.5, 0.6) is 0 Å². The van der Waals surface area contributed by atoms with Crippen LogP contribution >= 0.6 is 0 Å². The van der Waals surface area contributed by atoms with Gasteiger partial charge in [-0.05, 0) is 98.4 Å². The zero-order chi connectivity index (χ0) is 44.6. The lowest BCUT2D eigenvalue weighted by Crippen LogP contribution is -2.44. The van der Waals surface area contributed by atoms with Gasteiger partial charge in [-0.25, -0.2) is 19.6 Å². The average Bonchev–Trinajstić information content (AvgIpc) is 3.98. The molecule has 332 valence electrons. The van der Waals surface area contributed by atoms with Crippen molar-refractivity contribution in [1.29, 1.82) is 0 Å². The molecule has 2 N–H and O–H groups in total. The number of nitrogen functional groups attached to an aromatic ring is 1. The van der Waals surface area contributed by atoms with Gasteiger partial charge >= 0.3 is 12.2 Å². The molecule has 4 heterocycles. The summed E-state index contributed by atoms with van der Waals surface area (Å²) >= 11 is 0. The van der Waals surface area contributed by atoms with Crippen molar-refractivity contribution < 1.29 is 37.0 Å². The summed E-state index contributed by atoms with van der Waals surface area (Å²) in [6.45, 7) is 16.1. The quantitative estimate of drug-likeness (QED) is 0.125. The van der Waals surface area contributed by atoms with E-state index < -0.39 is 51.4 Å². The van der Waals surface area contributed by atoms with Crippen LogP contribution in [-0.2, 0) is 35.4 Å². The Morgan fingerprint density at radius 2 is 1.47 bits per heavy atom. The van der Waals surface area contributed by atoms with Crippen molar-refractivity contribution in [3.05, 3.63) is 91.0 Å². The van der Waals surface area contributed by atoms with Crippen molar-refractivity contribution >= 4 is 39.1 Å². The summed E-state index contributed by atoms with van der Waals surface area (Å²) in [6, 6.07) is 19.3. The Bertz CT molecular complexity index is 2480. The first-order chi connectivity index (χ1) is 29.2. The highest BCUT2D eigenvalue weighted by Crippen LogP contribution is 2.49. The van der Waals surface area contributed by atoms with Gasteiger partial charge < -0.3 is 39.0 Å². The number of carbonyl (C=O) groups excluding carboxylic acids is 2. The number of nitrogens with zero attached hydrogens (tertiary/aromatic N) is 7. The molecular weight excluding hydrogens is 813 g/mol. The van der Waals surface area contributed by atoms with Gasteiger partial charge in [0.15, 0.2) is 5.79 Å². The molecule has 7 rings (SSSR count). The van der Waals surface area contributed by atoms with Crippen LogP contribution in [0.15, 0.2) is 90.3 Å². The molecule has 1 aliphatic heterocycles. The monoisotopic (exact) mass is 870 g/mol. The van der Waals surface area contributed by atoms with Gasteiger partial charge in [-0.15, -0.1) is 0 Å². The van der Waals surface area contributed by atoms with Crippen LogP contribution in [0, 0.1) is 5.92 Å². The number of fused-ring (bicyclic) bond motifs is 2. The van der Waals surface area contributed by atoms with E-state index in [0.29, 0.717) is 61.2 Å². The average molecular weight is 871 g/mol. The minimum absolute atomic E-state index is 0.104. The SMILES string of the molecule is CC(C)(C)OC(=O)N(CCCN(C[C@H]1C[C@@H](n2cc(-c3ccn(S(=O)(=O)c4ccccc4)n3)c3c(N)ncnc32)[C@@H]2OC(C)(C)O[C@H]12)C(=O)OC(C)(C)C)CCc1ccccc1. The largest absolute Gasteiger partial charge is 0.444 e. The second-order valence-electron chi connectivity index (χ2n) is 18.4. The molecule has 4 atom stereocenters. The van der Waals surface area contributed by atoms with E-state index in [0.717, 1.165) is 9.65 Å². The molecular formula is C45H58N8O8S. The molecule has 16 nitrogen and oxygen atoms in total. The molecule has 1 saturated heterocycles. The van der Waals surface area contributed by atoms with Gasteiger partial charge in [-0.2, -0.15) is 17.6 Å². The first-order valence-electron chi connectivity index (χ1n) is 21.0. The fourth-order valence-electron chi connectivity index (χ4n) is 8.20. The normalized spacial score (nSPS) is 19.9. The molecule has 5 aromatic rings. The number of anilines is 1. The predicted octanol–water partition coefficient (Wildman–Crippen LogP) is 7.30. The maximum absolute atomic E-state index is 14.0. The van der Waals surface area contributed by atoms with Crippen LogP contribution in [0.2, 0.25) is 0 Å². The Kier molecular flexibility index (Phi) is 12.4. The predicted molar refractivity (Wildman–Crippen MR) is 234 cm³/mol. The number of nitrogens with two attached hydrogens (primary N) is 1. The van der Waals surface area contributed by atoms with Crippen molar-refractivity contribution in [2.75, 3.05) is 31.9 Å². The summed E-state index contributed by atoms with van der Waals surface area (Å²) in [5, 5.41) is 5.02. The summed E-state index contributed by atoms with van der Waals surface area (Å²) in [7, 11) is -3.97. The van der Waals surface area contributed by atoms with Gasteiger partial charge in [0.25, 0.3) is 10.0 Å². The Balaban J connectivity index is 1.16. The van der Waals surface area contributed by atoms with Gasteiger partial charge in [0.2, 0.25) is 0 Å². The lowest BCUT2D eigenvalue weighted by molar-refractivity contribution is -0.160. The van der Waals surface area contributed by atoms with Crippen LogP contribution < -0.4 is 5.73 Å². The van der Waals surface area contributed by atoms with Gasteiger partial charge in [0, 0.05) is 50.1 Å². The number of carbonyl (C=O) groups is 2. The number of ether oxygens (including phenoxy) is 4. The standard InChI is InChI=1S/C45H58N8O8S/c1-43(2,3)60-41(54)50(24-20-30-16-11-9-12-17-30)22-15-23-51(42(55)61-44(4,5)6)27-31-26-35(38-37(31)58-45(7,8)59-38)52-28-33(36-39(46)47-29-48-40(36)52)34-21-25-53(49-34)62(56,57)32-18-13-10-14-19-32/h9-14,16-19,21,25,28-29,31,35,37-38H,15,20,22-24,26-27H2,1-8H3,(H2,46,47,48)/t31-,35-,37-,38+/m1/s1. The van der Waals surface area contributed by atoms with Crippen LogP contribution in [0.25, 0.3) is 22.3 Å². The summed E-state index contributed by atoms with van der Waals surface area (Å²) in [5.74, 6) is -0.936. The lowest BCUT2D eigenvalue weighted by Gasteiger charge is -2.32. The molecule has 2 aliphatic rings. The first-order valence-corrected chi connectivity index (χ1v) is 22.5. The lowest BCUT2D eigenvalue weighted by atomic mass is 10.0. The molecule has 2 amide bonds. The third-order valence-corrected chi connectivity index (χ3v) is 12.4. The van der Waals surface area contributed by atoms with E-state index in [-0.39, 0.29) is 29.2 Å². The number of benzene rings is 2. The second kappa shape index (κ2) is 17.3. The summed E-state index contributed by atoms with van der Waals surface area (Å²) in [6.07, 6.45) is 4.54. The Morgan fingerprint density at radius 1 is 0.855 bits per heavy atom. The molecule has 0 bridgehead atoms. The van der Waals surface area contributed by atoms with Crippen molar-refractivity contribution in [2.24, 2.45) is 5.92 Å². The highest BCUT2D eigenvalue weighted by atomic mass is 32.2. The Hall–Kier alpha value is -5.52. The summed E-state index contributed by atoms with van der Waals surface area (Å²) in [4.78, 5) is 39.9. The Morgan fingerprint density at radius 3 is 2.13 bits per heavy atom. The van der Waals surface area contributed by atoms with E-state index >= 15 is 0 Å². The topological polar surface area (TPSA) is 186 Å². The number of aromatic nitrogens is 5. The molecule has 2 fully saturated rings. The summed E-state index contributed by atoms with van der Waals surface area (Å²) < 4.78 is 54.8.